The molecule has 0 saturated carbocycles. The van der Waals surface area contributed by atoms with E-state index in [0.29, 0.717) is 11.6 Å². The van der Waals surface area contributed by atoms with Gasteiger partial charge in [-0.05, 0) is 19.4 Å². The van der Waals surface area contributed by atoms with E-state index in [9.17, 15) is 5.11 Å². The summed E-state index contributed by atoms with van der Waals surface area (Å²) in [6, 6.07) is 7.67. The number of benzene rings is 1. The smallest absolute Gasteiger partial charge is 0.238 e. The van der Waals surface area contributed by atoms with Crippen molar-refractivity contribution in [3.8, 4) is 5.88 Å². The van der Waals surface area contributed by atoms with Crippen LogP contribution in [0.2, 0.25) is 0 Å². The number of aromatic nitrogens is 2. The topological polar surface area (TPSA) is 55.2 Å². The first-order valence-electron chi connectivity index (χ1n) is 5.70. The Hall–Kier alpha value is -1.94. The fourth-order valence-electron chi connectivity index (χ4n) is 1.89. The van der Waals surface area contributed by atoms with Crippen molar-refractivity contribution in [1.29, 1.82) is 0 Å². The lowest BCUT2D eigenvalue weighted by molar-refractivity contribution is 0.0929. The molecule has 0 bridgehead atoms. The van der Waals surface area contributed by atoms with Crippen molar-refractivity contribution in [3.63, 3.8) is 0 Å². The minimum absolute atomic E-state index is 0.337. The van der Waals surface area contributed by atoms with Gasteiger partial charge in [0.2, 0.25) is 5.88 Å². The van der Waals surface area contributed by atoms with E-state index < -0.39 is 5.60 Å². The van der Waals surface area contributed by atoms with Crippen LogP contribution in [0.5, 0.6) is 5.88 Å². The number of aryl methyl sites for hydroxylation is 1. The van der Waals surface area contributed by atoms with Gasteiger partial charge in [0.25, 0.3) is 0 Å². The van der Waals surface area contributed by atoms with Gasteiger partial charge in [-0.1, -0.05) is 29.8 Å². The molecule has 0 radical (unpaired) electrons. The van der Waals surface area contributed by atoms with Crippen molar-refractivity contribution >= 4 is 0 Å². The quantitative estimate of drug-likeness (QED) is 0.897. The van der Waals surface area contributed by atoms with Gasteiger partial charge in [0, 0.05) is 12.4 Å². The molecule has 1 unspecified atom stereocenters. The van der Waals surface area contributed by atoms with Crippen LogP contribution in [-0.4, -0.2) is 22.2 Å². The summed E-state index contributed by atoms with van der Waals surface area (Å²) in [5.74, 6) is 0.337. The Morgan fingerprint density at radius 2 is 1.94 bits per heavy atom. The van der Waals surface area contributed by atoms with Crippen LogP contribution in [0.15, 0.2) is 36.7 Å². The molecule has 1 N–H and O–H groups in total. The summed E-state index contributed by atoms with van der Waals surface area (Å²) in [6.45, 7) is 3.67. The van der Waals surface area contributed by atoms with Crippen molar-refractivity contribution in [2.45, 2.75) is 19.4 Å². The van der Waals surface area contributed by atoms with E-state index in [2.05, 4.69) is 9.97 Å². The van der Waals surface area contributed by atoms with Crippen molar-refractivity contribution < 1.29 is 9.84 Å². The molecule has 0 aliphatic rings. The molecule has 2 aromatic rings. The zero-order chi connectivity index (χ0) is 13.2. The fraction of sp³-hybridized carbons (Fsp3) is 0.286. The zero-order valence-electron chi connectivity index (χ0n) is 10.7. The van der Waals surface area contributed by atoms with Gasteiger partial charge in [0.15, 0.2) is 0 Å². The lowest BCUT2D eigenvalue weighted by atomic mass is 9.91. The van der Waals surface area contributed by atoms with Crippen LogP contribution in [0.1, 0.15) is 23.7 Å². The number of aliphatic hydroxyl groups is 1. The van der Waals surface area contributed by atoms with Crippen LogP contribution in [0.3, 0.4) is 0 Å². The average molecular weight is 244 g/mol. The Kier molecular flexibility index (Phi) is 3.30. The second-order valence-electron chi connectivity index (χ2n) is 4.36. The molecular weight excluding hydrogens is 228 g/mol. The largest absolute Gasteiger partial charge is 0.480 e. The second kappa shape index (κ2) is 4.74. The number of rotatable bonds is 3. The third kappa shape index (κ3) is 2.19. The molecule has 1 heterocycles. The number of hydrogen-bond donors (Lipinski definition) is 1. The van der Waals surface area contributed by atoms with Crippen LogP contribution in [-0.2, 0) is 5.60 Å². The van der Waals surface area contributed by atoms with Crippen LogP contribution >= 0.6 is 0 Å². The fourth-order valence-corrected chi connectivity index (χ4v) is 1.89. The van der Waals surface area contributed by atoms with Crippen molar-refractivity contribution in [2.75, 3.05) is 7.11 Å². The van der Waals surface area contributed by atoms with Crippen molar-refractivity contribution in [3.05, 3.63) is 53.5 Å². The molecule has 0 amide bonds. The van der Waals surface area contributed by atoms with E-state index in [1.54, 1.807) is 13.1 Å². The van der Waals surface area contributed by atoms with Gasteiger partial charge in [0.1, 0.15) is 11.3 Å². The second-order valence-corrected chi connectivity index (χ2v) is 4.36. The third-order valence-electron chi connectivity index (χ3n) is 2.90. The summed E-state index contributed by atoms with van der Waals surface area (Å²) in [5, 5.41) is 10.7. The highest BCUT2D eigenvalue weighted by Crippen LogP contribution is 2.32. The summed E-state index contributed by atoms with van der Waals surface area (Å²) in [7, 11) is 1.51. The highest BCUT2D eigenvalue weighted by Gasteiger charge is 2.31. The zero-order valence-corrected chi connectivity index (χ0v) is 10.7. The lowest BCUT2D eigenvalue weighted by Crippen LogP contribution is -2.25. The van der Waals surface area contributed by atoms with Gasteiger partial charge in [-0.2, -0.15) is 0 Å². The Morgan fingerprint density at radius 1 is 1.22 bits per heavy atom. The summed E-state index contributed by atoms with van der Waals surface area (Å²) in [6.07, 6.45) is 3.08. The van der Waals surface area contributed by atoms with Gasteiger partial charge in [-0.25, -0.2) is 4.98 Å². The lowest BCUT2D eigenvalue weighted by Gasteiger charge is -2.24. The van der Waals surface area contributed by atoms with E-state index >= 15 is 0 Å². The Labute approximate surface area is 106 Å². The predicted octanol–water partition coefficient (Wildman–Crippen LogP) is 2.05. The van der Waals surface area contributed by atoms with Gasteiger partial charge in [-0.15, -0.1) is 0 Å². The summed E-state index contributed by atoms with van der Waals surface area (Å²) in [4.78, 5) is 8.26. The Morgan fingerprint density at radius 3 is 2.61 bits per heavy atom. The molecule has 0 spiro atoms. The molecule has 1 atom stereocenters. The molecule has 4 heteroatoms. The first kappa shape index (κ1) is 12.5. The molecule has 0 aliphatic heterocycles. The van der Waals surface area contributed by atoms with Gasteiger partial charge >= 0.3 is 0 Å². The molecule has 0 fully saturated rings. The minimum Gasteiger partial charge on any atom is -0.480 e. The molecule has 1 aromatic carbocycles. The van der Waals surface area contributed by atoms with Crippen molar-refractivity contribution in [2.24, 2.45) is 0 Å². The first-order chi connectivity index (χ1) is 8.55. The van der Waals surface area contributed by atoms with E-state index in [4.69, 9.17) is 4.74 Å². The van der Waals surface area contributed by atoms with Gasteiger partial charge < -0.3 is 9.84 Å². The SMILES string of the molecule is COc1nccnc1C(C)(O)c1cccc(C)c1. The maximum absolute atomic E-state index is 10.7. The van der Waals surface area contributed by atoms with E-state index in [0.717, 1.165) is 11.1 Å². The summed E-state index contributed by atoms with van der Waals surface area (Å²) in [5.41, 5.74) is 1.03. The monoisotopic (exact) mass is 244 g/mol. The molecule has 94 valence electrons. The Balaban J connectivity index is 2.54. The maximum atomic E-state index is 10.7. The van der Waals surface area contributed by atoms with Crippen LogP contribution in [0, 0.1) is 6.92 Å². The van der Waals surface area contributed by atoms with E-state index in [1.165, 1.54) is 13.3 Å². The summed E-state index contributed by atoms with van der Waals surface area (Å²) < 4.78 is 5.15. The molecule has 0 saturated heterocycles. The highest BCUT2D eigenvalue weighted by molar-refractivity contribution is 5.37. The number of methoxy groups -OCH3 is 1. The van der Waals surface area contributed by atoms with E-state index in [-0.39, 0.29) is 0 Å². The standard InChI is InChI=1S/C14H16N2O2/c1-10-5-4-6-11(9-10)14(2,17)12-13(18-3)16-8-7-15-12/h4-9,17H,1-3H3. The molecule has 0 aliphatic carbocycles. The maximum Gasteiger partial charge on any atom is 0.238 e. The molecular formula is C14H16N2O2. The number of hydrogen-bond acceptors (Lipinski definition) is 4. The molecule has 1 aromatic heterocycles. The number of nitrogens with zero attached hydrogens (tertiary/aromatic N) is 2. The van der Waals surface area contributed by atoms with E-state index in [1.807, 2.05) is 31.2 Å². The number of ether oxygens (including phenoxy) is 1. The summed E-state index contributed by atoms with van der Waals surface area (Å²) >= 11 is 0. The van der Waals surface area contributed by atoms with Crippen LogP contribution in [0.25, 0.3) is 0 Å². The predicted molar refractivity (Wildman–Crippen MR) is 68.4 cm³/mol. The molecule has 2 rings (SSSR count). The molecule has 18 heavy (non-hydrogen) atoms. The van der Waals surface area contributed by atoms with Crippen LogP contribution < -0.4 is 4.74 Å². The van der Waals surface area contributed by atoms with Crippen molar-refractivity contribution in [1.82, 2.24) is 9.97 Å². The van der Waals surface area contributed by atoms with Gasteiger partial charge in [-0.3, -0.25) is 4.98 Å². The first-order valence-corrected chi connectivity index (χ1v) is 5.70. The van der Waals surface area contributed by atoms with Crippen LogP contribution in [0.4, 0.5) is 0 Å². The van der Waals surface area contributed by atoms with Gasteiger partial charge in [0.05, 0.1) is 7.11 Å². The Bertz CT molecular complexity index is 553. The third-order valence-corrected chi connectivity index (χ3v) is 2.90. The minimum atomic E-state index is -1.23. The highest BCUT2D eigenvalue weighted by atomic mass is 16.5. The normalized spacial score (nSPS) is 14.0. The molecule has 4 nitrogen and oxygen atoms in total. The average Bonchev–Trinajstić information content (AvgIpc) is 2.38.